The summed E-state index contributed by atoms with van der Waals surface area (Å²) >= 11 is 0. The van der Waals surface area contributed by atoms with Gasteiger partial charge >= 0.3 is 0 Å². The monoisotopic (exact) mass is 486 g/mol. The minimum absolute atomic E-state index is 0.147. The van der Waals surface area contributed by atoms with Crippen molar-refractivity contribution in [1.82, 2.24) is 19.9 Å². The van der Waals surface area contributed by atoms with Crippen LogP contribution in [0.4, 0.5) is 0 Å². The van der Waals surface area contributed by atoms with E-state index in [0.717, 1.165) is 41.8 Å². The van der Waals surface area contributed by atoms with Gasteiger partial charge in [0.15, 0.2) is 5.69 Å². The van der Waals surface area contributed by atoms with E-state index in [4.69, 9.17) is 14.4 Å². The zero-order valence-electron chi connectivity index (χ0n) is 21.5. The fraction of sp³-hybridized carbons (Fsp3) is 0.414. The standard InChI is InChI=1S/C29H34N4O3/c1-20-15-25(31-33(20)18-22-8-5-7-21(16-22)17-28(2,3)34)27-30-26(32-36-27)23-9-11-24(12-10-23)29(19-35-4)13-6-14-29/h5,7-12,15-16,34H,6,13-14,17-19H2,1-4H3. The number of nitrogens with zero attached hydrogens (tertiary/aromatic N) is 4. The molecule has 7 nitrogen and oxygen atoms in total. The summed E-state index contributed by atoms with van der Waals surface area (Å²) in [7, 11) is 1.77. The van der Waals surface area contributed by atoms with Crippen molar-refractivity contribution in [2.45, 2.75) is 64.0 Å². The summed E-state index contributed by atoms with van der Waals surface area (Å²) < 4.78 is 13.0. The van der Waals surface area contributed by atoms with Crippen LogP contribution in [0.15, 0.2) is 59.1 Å². The average Bonchev–Trinajstić information content (AvgIpc) is 3.43. The number of aryl methyl sites for hydroxylation is 1. The van der Waals surface area contributed by atoms with E-state index in [1.165, 1.54) is 12.0 Å². The summed E-state index contributed by atoms with van der Waals surface area (Å²) in [4.78, 5) is 4.62. The second-order valence-corrected chi connectivity index (χ2v) is 10.7. The Hall–Kier alpha value is -3.29. The summed E-state index contributed by atoms with van der Waals surface area (Å²) in [5.41, 5.74) is 5.51. The van der Waals surface area contributed by atoms with Crippen LogP contribution in [0, 0.1) is 6.92 Å². The minimum atomic E-state index is -0.744. The lowest BCUT2D eigenvalue weighted by Crippen LogP contribution is -2.38. The van der Waals surface area contributed by atoms with Gasteiger partial charge in [-0.2, -0.15) is 10.1 Å². The van der Waals surface area contributed by atoms with Crippen LogP contribution in [0.3, 0.4) is 0 Å². The first kappa shape index (κ1) is 24.4. The van der Waals surface area contributed by atoms with Crippen LogP contribution in [0.25, 0.3) is 23.0 Å². The van der Waals surface area contributed by atoms with Crippen molar-refractivity contribution >= 4 is 0 Å². The van der Waals surface area contributed by atoms with E-state index in [9.17, 15) is 5.11 Å². The molecule has 2 aromatic carbocycles. The maximum absolute atomic E-state index is 10.1. The highest BCUT2D eigenvalue weighted by Crippen LogP contribution is 2.44. The zero-order valence-corrected chi connectivity index (χ0v) is 21.5. The highest BCUT2D eigenvalue weighted by Gasteiger charge is 2.38. The van der Waals surface area contributed by atoms with E-state index in [1.54, 1.807) is 7.11 Å². The molecule has 1 saturated carbocycles. The average molecular weight is 487 g/mol. The number of aromatic nitrogens is 4. The van der Waals surface area contributed by atoms with Gasteiger partial charge in [0.05, 0.1) is 18.8 Å². The predicted molar refractivity (Wildman–Crippen MR) is 139 cm³/mol. The number of benzene rings is 2. The molecule has 4 aromatic rings. The largest absolute Gasteiger partial charge is 0.390 e. The molecule has 0 unspecified atom stereocenters. The molecule has 188 valence electrons. The third kappa shape index (κ3) is 5.13. The van der Waals surface area contributed by atoms with Gasteiger partial charge in [-0.05, 0) is 56.4 Å². The molecular weight excluding hydrogens is 452 g/mol. The molecule has 36 heavy (non-hydrogen) atoms. The van der Waals surface area contributed by atoms with E-state index in [2.05, 4.69) is 46.5 Å². The molecule has 0 spiro atoms. The molecular formula is C29H34N4O3. The Balaban J connectivity index is 1.31. The van der Waals surface area contributed by atoms with E-state index in [0.29, 0.717) is 30.4 Å². The number of ether oxygens (including phenoxy) is 1. The fourth-order valence-corrected chi connectivity index (χ4v) is 5.10. The van der Waals surface area contributed by atoms with Gasteiger partial charge in [-0.3, -0.25) is 4.68 Å². The van der Waals surface area contributed by atoms with Gasteiger partial charge in [-0.25, -0.2) is 0 Å². The lowest BCUT2D eigenvalue weighted by Gasteiger charge is -2.42. The number of rotatable bonds is 9. The SMILES string of the molecule is COCC1(c2ccc(-c3noc(-c4cc(C)n(Cc5cccc(CC(C)(C)O)c5)n4)n3)cc2)CCC1. The molecule has 7 heteroatoms. The van der Waals surface area contributed by atoms with Crippen molar-refractivity contribution < 1.29 is 14.4 Å². The smallest absolute Gasteiger partial charge is 0.278 e. The van der Waals surface area contributed by atoms with Crippen molar-refractivity contribution in [2.75, 3.05) is 13.7 Å². The molecule has 5 rings (SSSR count). The molecule has 0 aliphatic heterocycles. The van der Waals surface area contributed by atoms with Gasteiger partial charge in [0, 0.05) is 30.2 Å². The molecule has 1 aliphatic carbocycles. The van der Waals surface area contributed by atoms with E-state index in [-0.39, 0.29) is 5.41 Å². The first-order valence-corrected chi connectivity index (χ1v) is 12.5. The number of hydrogen-bond donors (Lipinski definition) is 1. The Morgan fingerprint density at radius 1 is 1.08 bits per heavy atom. The molecule has 0 radical (unpaired) electrons. The molecule has 0 amide bonds. The normalized spacial score (nSPS) is 15.1. The maximum atomic E-state index is 10.1. The number of hydrogen-bond acceptors (Lipinski definition) is 6. The topological polar surface area (TPSA) is 86.2 Å². The van der Waals surface area contributed by atoms with Gasteiger partial charge in [-0.15, -0.1) is 0 Å². The van der Waals surface area contributed by atoms with E-state index < -0.39 is 5.60 Å². The van der Waals surface area contributed by atoms with Crippen LogP contribution in [0.1, 0.15) is 55.5 Å². The number of methoxy groups -OCH3 is 1. The lowest BCUT2D eigenvalue weighted by atomic mass is 9.65. The molecule has 0 atom stereocenters. The van der Waals surface area contributed by atoms with Crippen molar-refractivity contribution in [3.8, 4) is 23.0 Å². The van der Waals surface area contributed by atoms with Crippen LogP contribution in [0.2, 0.25) is 0 Å². The third-order valence-electron chi connectivity index (χ3n) is 7.07. The summed E-state index contributed by atoms with van der Waals surface area (Å²) in [5, 5.41) is 19.1. The van der Waals surface area contributed by atoms with Crippen LogP contribution in [-0.2, 0) is 23.1 Å². The molecule has 1 fully saturated rings. The molecule has 2 aromatic heterocycles. The van der Waals surface area contributed by atoms with Gasteiger partial charge in [0.1, 0.15) is 0 Å². The molecule has 0 bridgehead atoms. The Morgan fingerprint density at radius 3 is 2.50 bits per heavy atom. The predicted octanol–water partition coefficient (Wildman–Crippen LogP) is 5.34. The third-order valence-corrected chi connectivity index (χ3v) is 7.07. The second kappa shape index (κ2) is 9.64. The summed E-state index contributed by atoms with van der Waals surface area (Å²) in [6.45, 7) is 7.04. The number of aliphatic hydroxyl groups is 1. The zero-order chi connectivity index (χ0) is 25.3. The Bertz CT molecular complexity index is 1330. The van der Waals surface area contributed by atoms with Crippen molar-refractivity contribution in [3.63, 3.8) is 0 Å². The van der Waals surface area contributed by atoms with Gasteiger partial charge < -0.3 is 14.4 Å². The van der Waals surface area contributed by atoms with Crippen molar-refractivity contribution in [2.24, 2.45) is 0 Å². The molecule has 2 heterocycles. The quantitative estimate of drug-likeness (QED) is 0.344. The first-order valence-electron chi connectivity index (χ1n) is 12.5. The van der Waals surface area contributed by atoms with Gasteiger partial charge in [-0.1, -0.05) is 60.1 Å². The first-order chi connectivity index (χ1) is 17.2. The summed E-state index contributed by atoms with van der Waals surface area (Å²) in [6.07, 6.45) is 4.18. The van der Waals surface area contributed by atoms with Crippen LogP contribution in [0.5, 0.6) is 0 Å². The molecule has 1 aliphatic rings. The summed E-state index contributed by atoms with van der Waals surface area (Å²) in [6, 6.07) is 18.7. The van der Waals surface area contributed by atoms with Crippen LogP contribution in [-0.4, -0.2) is 44.3 Å². The van der Waals surface area contributed by atoms with Crippen molar-refractivity contribution in [3.05, 3.63) is 77.0 Å². The van der Waals surface area contributed by atoms with Gasteiger partial charge in [0.2, 0.25) is 5.82 Å². The Kier molecular flexibility index (Phi) is 6.53. The highest BCUT2D eigenvalue weighted by atomic mass is 16.5. The fourth-order valence-electron chi connectivity index (χ4n) is 5.10. The molecule has 1 N–H and O–H groups in total. The lowest BCUT2D eigenvalue weighted by molar-refractivity contribution is 0.0792. The summed E-state index contributed by atoms with van der Waals surface area (Å²) in [5.74, 6) is 0.957. The maximum Gasteiger partial charge on any atom is 0.278 e. The Labute approximate surface area is 212 Å². The van der Waals surface area contributed by atoms with E-state index in [1.807, 2.05) is 43.7 Å². The van der Waals surface area contributed by atoms with Gasteiger partial charge in [0.25, 0.3) is 5.89 Å². The van der Waals surface area contributed by atoms with Crippen molar-refractivity contribution in [1.29, 1.82) is 0 Å². The second-order valence-electron chi connectivity index (χ2n) is 10.7. The Morgan fingerprint density at radius 2 is 1.83 bits per heavy atom. The van der Waals surface area contributed by atoms with E-state index >= 15 is 0 Å². The van der Waals surface area contributed by atoms with Crippen LogP contribution >= 0.6 is 0 Å². The minimum Gasteiger partial charge on any atom is -0.390 e. The molecule has 0 saturated heterocycles. The van der Waals surface area contributed by atoms with Crippen LogP contribution < -0.4 is 0 Å². The highest BCUT2D eigenvalue weighted by molar-refractivity contribution is 5.59.